The predicted octanol–water partition coefficient (Wildman–Crippen LogP) is 6.24. The molecule has 192 valence electrons. The molecule has 3 aromatic carbocycles. The van der Waals surface area contributed by atoms with E-state index in [9.17, 15) is 14.4 Å². The van der Waals surface area contributed by atoms with E-state index < -0.39 is 11.7 Å². The molecular weight excluding hydrogens is 686 g/mol. The molecule has 5 rings (SSSR count). The van der Waals surface area contributed by atoms with E-state index in [4.69, 9.17) is 0 Å². The van der Waals surface area contributed by atoms with Crippen molar-refractivity contribution in [3.63, 3.8) is 0 Å². The van der Waals surface area contributed by atoms with E-state index >= 15 is 0 Å². The van der Waals surface area contributed by atoms with Crippen LogP contribution < -0.4 is 16.4 Å². The van der Waals surface area contributed by atoms with E-state index in [1.807, 2.05) is 36.4 Å². The van der Waals surface area contributed by atoms with Crippen LogP contribution in [0.3, 0.4) is 0 Å². The summed E-state index contributed by atoms with van der Waals surface area (Å²) in [6.45, 7) is 0. The fourth-order valence-electron chi connectivity index (χ4n) is 4.12. The van der Waals surface area contributed by atoms with Crippen LogP contribution >= 0.6 is 47.8 Å². The lowest BCUT2D eigenvalue weighted by atomic mass is 10.1. The minimum absolute atomic E-state index is 0.179. The second-order valence-electron chi connectivity index (χ2n) is 8.36. The molecule has 0 atom stereocenters. The van der Waals surface area contributed by atoms with Gasteiger partial charge >= 0.3 is 5.76 Å². The largest absolute Gasteiger partial charge is 0.439 e. The van der Waals surface area contributed by atoms with Gasteiger partial charge in [0.25, 0.3) is 5.91 Å². The third-order valence-electron chi connectivity index (χ3n) is 5.85. The molecule has 2 amide bonds. The highest BCUT2D eigenvalue weighted by Gasteiger charge is 2.22. The molecule has 0 aliphatic heterocycles. The number of aromatic nitrogens is 3. The van der Waals surface area contributed by atoms with E-state index in [2.05, 4.69) is 73.1 Å². The van der Waals surface area contributed by atoms with Gasteiger partial charge in [-0.2, -0.15) is 0 Å². The van der Waals surface area contributed by atoms with Gasteiger partial charge in [0.1, 0.15) is 5.69 Å². The zero-order valence-corrected chi connectivity index (χ0v) is 24.4. The Morgan fingerprint density at radius 2 is 1.76 bits per heavy atom. The van der Waals surface area contributed by atoms with Crippen LogP contribution in [0.15, 0.2) is 83.4 Å². The van der Waals surface area contributed by atoms with Gasteiger partial charge in [-0.15, -0.1) is 0 Å². The number of carbonyl (C=O) groups excluding carboxylic acids is 2. The zero-order valence-electron chi connectivity index (χ0n) is 19.6. The van der Waals surface area contributed by atoms with Gasteiger partial charge in [0.05, 0.1) is 23.3 Å². The van der Waals surface area contributed by atoms with Crippen LogP contribution in [-0.2, 0) is 18.3 Å². The number of rotatable bonds is 6. The van der Waals surface area contributed by atoms with Crippen LogP contribution in [0.4, 0.5) is 11.4 Å². The number of hydrogen-bond donors (Lipinski definition) is 3. The van der Waals surface area contributed by atoms with E-state index in [1.54, 1.807) is 35.9 Å². The van der Waals surface area contributed by atoms with Crippen molar-refractivity contribution in [1.82, 2.24) is 14.7 Å². The quantitative estimate of drug-likeness (QED) is 0.193. The molecule has 0 radical (unpaired) electrons. The number of hydrogen-bond acceptors (Lipinski definition) is 5. The molecule has 38 heavy (non-hydrogen) atoms. The van der Waals surface area contributed by atoms with Gasteiger partial charge in [-0.1, -0.05) is 67.3 Å². The molecule has 0 saturated heterocycles. The number of anilines is 2. The summed E-state index contributed by atoms with van der Waals surface area (Å²) in [6.07, 6.45) is 0.207. The average molecular weight is 704 g/mol. The summed E-state index contributed by atoms with van der Waals surface area (Å²) in [4.78, 5) is 40.4. The summed E-state index contributed by atoms with van der Waals surface area (Å²) in [6, 6.07) is 18.2. The number of H-pyrrole nitrogens is 1. The molecule has 9 nitrogen and oxygen atoms in total. The first kappa shape index (κ1) is 26.1. The fraction of sp³-hybridized carbons (Fsp3) is 0.0769. The van der Waals surface area contributed by atoms with Crippen molar-refractivity contribution in [2.24, 2.45) is 7.05 Å². The highest BCUT2D eigenvalue weighted by molar-refractivity contribution is 9.11. The molecule has 0 bridgehead atoms. The maximum Gasteiger partial charge on any atom is 0.439 e. The topological polar surface area (TPSA) is 122 Å². The Morgan fingerprint density at radius 1 is 1.00 bits per heavy atom. The standard InChI is InChI=1S/C26H18Br3N5O4/c1-34-20(25(36)30-19-8-7-14(27)10-16(19)24-32-26(37)38-33-24)11-15-17(28)12-18(29)22(23(15)34)31-21(35)9-13-5-3-2-4-6-13/h2-8,10-12H,9H2,1H3,(H,30,36)(H,31,35)(H,32,33,37). The average Bonchev–Trinajstić information content (AvgIpc) is 3.47. The van der Waals surface area contributed by atoms with E-state index in [0.717, 1.165) is 19.9 Å². The number of nitrogens with one attached hydrogen (secondary N) is 3. The van der Waals surface area contributed by atoms with E-state index in [0.29, 0.717) is 32.6 Å². The normalized spacial score (nSPS) is 11.1. The lowest BCUT2D eigenvalue weighted by Gasteiger charge is -2.13. The SMILES string of the molecule is Cn1c(C(=O)Nc2ccc(Br)cc2-c2noc(=O)[nH]2)cc2c(Br)cc(Br)c(NC(=O)Cc3ccccc3)c21. The number of aryl methyl sites for hydroxylation is 1. The minimum Gasteiger partial charge on any atom is -0.338 e. The molecule has 2 heterocycles. The van der Waals surface area contributed by atoms with Crippen molar-refractivity contribution < 1.29 is 14.1 Å². The summed E-state index contributed by atoms with van der Waals surface area (Å²) >= 11 is 10.5. The van der Waals surface area contributed by atoms with Crippen LogP contribution in [0.1, 0.15) is 16.1 Å². The summed E-state index contributed by atoms with van der Waals surface area (Å²) in [5, 5.41) is 10.4. The van der Waals surface area contributed by atoms with Crippen LogP contribution in [-0.4, -0.2) is 26.5 Å². The Kier molecular flexibility index (Phi) is 7.37. The maximum absolute atomic E-state index is 13.5. The number of benzene rings is 3. The molecular formula is C26H18Br3N5O4. The smallest absolute Gasteiger partial charge is 0.338 e. The zero-order chi connectivity index (χ0) is 27.0. The Labute approximate surface area is 241 Å². The van der Waals surface area contributed by atoms with Gasteiger partial charge in [0.2, 0.25) is 5.91 Å². The van der Waals surface area contributed by atoms with Gasteiger partial charge in [0, 0.05) is 31.4 Å². The molecule has 0 unspecified atom stereocenters. The summed E-state index contributed by atoms with van der Waals surface area (Å²) < 4.78 is 8.49. The van der Waals surface area contributed by atoms with Crippen LogP contribution in [0.25, 0.3) is 22.3 Å². The van der Waals surface area contributed by atoms with Crippen molar-refractivity contribution in [2.45, 2.75) is 6.42 Å². The van der Waals surface area contributed by atoms with Gasteiger partial charge in [-0.3, -0.25) is 19.1 Å². The Bertz CT molecular complexity index is 1760. The second-order valence-corrected chi connectivity index (χ2v) is 11.0. The maximum atomic E-state index is 13.5. The summed E-state index contributed by atoms with van der Waals surface area (Å²) in [7, 11) is 1.75. The van der Waals surface area contributed by atoms with Crippen molar-refractivity contribution in [3.8, 4) is 11.4 Å². The van der Waals surface area contributed by atoms with Gasteiger partial charge in [-0.05, 0) is 51.8 Å². The molecule has 0 aliphatic rings. The molecule has 0 aliphatic carbocycles. The van der Waals surface area contributed by atoms with Gasteiger partial charge in [0.15, 0.2) is 5.82 Å². The summed E-state index contributed by atoms with van der Waals surface area (Å²) in [5.74, 6) is -1.11. The van der Waals surface area contributed by atoms with Crippen molar-refractivity contribution in [3.05, 3.63) is 95.9 Å². The Hall–Kier alpha value is -3.48. The fourth-order valence-corrected chi connectivity index (χ4v) is 5.83. The van der Waals surface area contributed by atoms with E-state index in [1.165, 1.54) is 0 Å². The third kappa shape index (κ3) is 5.24. The lowest BCUT2D eigenvalue weighted by Crippen LogP contribution is -2.18. The van der Waals surface area contributed by atoms with Gasteiger partial charge < -0.3 is 15.2 Å². The van der Waals surface area contributed by atoms with Crippen molar-refractivity contribution in [2.75, 3.05) is 10.6 Å². The Balaban J connectivity index is 1.50. The van der Waals surface area contributed by atoms with E-state index in [-0.39, 0.29) is 18.2 Å². The monoisotopic (exact) mass is 701 g/mol. The molecule has 3 N–H and O–H groups in total. The highest BCUT2D eigenvalue weighted by atomic mass is 79.9. The van der Waals surface area contributed by atoms with Crippen molar-refractivity contribution in [1.29, 1.82) is 0 Å². The number of nitrogens with zero attached hydrogens (tertiary/aromatic N) is 2. The number of halogens is 3. The molecule has 0 spiro atoms. The number of amides is 2. The Morgan fingerprint density at radius 3 is 2.47 bits per heavy atom. The highest BCUT2D eigenvalue weighted by Crippen LogP contribution is 2.39. The third-order valence-corrected chi connectivity index (χ3v) is 7.62. The number of aromatic amines is 1. The predicted molar refractivity (Wildman–Crippen MR) is 155 cm³/mol. The lowest BCUT2D eigenvalue weighted by molar-refractivity contribution is -0.115. The first-order valence-electron chi connectivity index (χ1n) is 11.2. The molecule has 2 aromatic heterocycles. The molecule has 0 saturated carbocycles. The number of carbonyl (C=O) groups is 2. The molecule has 0 fully saturated rings. The van der Waals surface area contributed by atoms with Gasteiger partial charge in [-0.25, -0.2) is 4.79 Å². The van der Waals surface area contributed by atoms with Crippen LogP contribution in [0.5, 0.6) is 0 Å². The van der Waals surface area contributed by atoms with Crippen LogP contribution in [0.2, 0.25) is 0 Å². The molecule has 5 aromatic rings. The second kappa shape index (κ2) is 10.7. The summed E-state index contributed by atoms with van der Waals surface area (Å²) in [5.41, 5.74) is 3.34. The first-order valence-corrected chi connectivity index (χ1v) is 13.6. The van der Waals surface area contributed by atoms with Crippen LogP contribution in [0, 0.1) is 0 Å². The first-order chi connectivity index (χ1) is 18.2. The minimum atomic E-state index is -0.705. The number of fused-ring (bicyclic) bond motifs is 1. The molecule has 12 heteroatoms. The van der Waals surface area contributed by atoms with Crippen molar-refractivity contribution >= 4 is 81.9 Å².